The van der Waals surface area contributed by atoms with Crippen LogP contribution in [0.1, 0.15) is 39.5 Å². The van der Waals surface area contributed by atoms with E-state index in [0.29, 0.717) is 12.8 Å². The Morgan fingerprint density at radius 2 is 1.27 bits per heavy atom. The van der Waals surface area contributed by atoms with Gasteiger partial charge in [-0.05, 0) is 21.2 Å². The topological polar surface area (TPSA) is 0 Å². The molecule has 0 saturated heterocycles. The smallest absolute Gasteiger partial charge is 0.0652 e. The van der Waals surface area contributed by atoms with Gasteiger partial charge >= 0.3 is 7.88 Å². The Labute approximate surface area is 69.0 Å². The van der Waals surface area contributed by atoms with Gasteiger partial charge in [-0.1, -0.05) is 26.7 Å². The fourth-order valence-electron chi connectivity index (χ4n) is 0.891. The largest absolute Gasteiger partial charge is 0.387 e. The van der Waals surface area contributed by atoms with Crippen molar-refractivity contribution in [1.82, 2.24) is 0 Å². The molecule has 68 valence electrons. The molecule has 0 aliphatic heterocycles. The molecule has 0 aromatic carbocycles. The summed E-state index contributed by atoms with van der Waals surface area (Å²) < 4.78 is 25.8. The number of hydrogen-bond acceptors (Lipinski definition) is 0. The molecule has 0 aliphatic rings. The van der Waals surface area contributed by atoms with E-state index < -0.39 is 7.88 Å². The van der Waals surface area contributed by atoms with Crippen LogP contribution in [0.2, 0.25) is 0 Å². The molecule has 0 aromatic rings. The summed E-state index contributed by atoms with van der Waals surface area (Å²) >= 11 is 0. The van der Waals surface area contributed by atoms with Crippen LogP contribution in [0.15, 0.2) is 0 Å². The molecule has 0 nitrogen and oxygen atoms in total. The summed E-state index contributed by atoms with van der Waals surface area (Å²) in [6.07, 6.45) is 3.55. The summed E-state index contributed by atoms with van der Waals surface area (Å²) in [4.78, 5) is 0. The molecule has 0 bridgehead atoms. The monoisotopic (exact) mass is 183 g/mol. The van der Waals surface area contributed by atoms with E-state index in [4.69, 9.17) is 0 Å². The lowest BCUT2D eigenvalue weighted by Crippen LogP contribution is -1.93. The van der Waals surface area contributed by atoms with Gasteiger partial charge < -0.3 is 0 Å². The van der Waals surface area contributed by atoms with Gasteiger partial charge in [-0.25, -0.2) is 0 Å². The summed E-state index contributed by atoms with van der Waals surface area (Å²) in [5, 5.41) is 0. The molecule has 11 heavy (non-hydrogen) atoms. The maximum absolute atomic E-state index is 12.9. The van der Waals surface area contributed by atoms with Crippen molar-refractivity contribution < 1.29 is 8.39 Å². The highest BCUT2D eigenvalue weighted by atomic mass is 31.2. The highest BCUT2D eigenvalue weighted by molar-refractivity contribution is 7.65. The van der Waals surface area contributed by atoms with Crippen molar-refractivity contribution >= 4 is 7.88 Å². The van der Waals surface area contributed by atoms with Crippen LogP contribution in [0.5, 0.6) is 0 Å². The zero-order valence-corrected chi connectivity index (χ0v) is 8.34. The van der Waals surface area contributed by atoms with Crippen LogP contribution in [-0.2, 0) is 0 Å². The van der Waals surface area contributed by atoms with Gasteiger partial charge in [-0.3, -0.25) is 0 Å². The quantitative estimate of drug-likeness (QED) is 0.536. The Morgan fingerprint density at radius 3 is 1.55 bits per heavy atom. The van der Waals surface area contributed by atoms with Gasteiger partial charge in [-0.15, -0.1) is 0 Å². The zero-order valence-electron chi connectivity index (χ0n) is 7.45. The van der Waals surface area contributed by atoms with E-state index in [-0.39, 0.29) is 12.3 Å². The molecule has 0 radical (unpaired) electrons. The molecular formula is C8H18F2P+. The molecule has 0 saturated carbocycles. The second-order valence-corrected chi connectivity index (χ2v) is 5.35. The number of unbranched alkanes of at least 4 members (excludes halogenated alkanes) is 2. The van der Waals surface area contributed by atoms with Gasteiger partial charge in [0, 0.05) is 0 Å². The van der Waals surface area contributed by atoms with E-state index in [1.54, 1.807) is 0 Å². The summed E-state index contributed by atoms with van der Waals surface area (Å²) in [6, 6.07) is 0. The van der Waals surface area contributed by atoms with E-state index >= 15 is 0 Å². The Morgan fingerprint density at radius 1 is 0.909 bits per heavy atom. The summed E-state index contributed by atoms with van der Waals surface area (Å²) in [5.74, 6) is 0. The Bertz CT molecular complexity index is 84.1. The second kappa shape index (κ2) is 5.88. The van der Waals surface area contributed by atoms with Crippen LogP contribution in [0.3, 0.4) is 0 Å². The van der Waals surface area contributed by atoms with Gasteiger partial charge in [0.2, 0.25) is 0 Å². The van der Waals surface area contributed by atoms with E-state index in [1.807, 2.05) is 13.8 Å². The average molecular weight is 183 g/mol. The number of rotatable bonds is 6. The lowest BCUT2D eigenvalue weighted by Gasteiger charge is -2.03. The third-order valence-corrected chi connectivity index (χ3v) is 3.62. The first-order chi connectivity index (χ1) is 5.12. The Hall–Kier alpha value is 0.290. The van der Waals surface area contributed by atoms with Crippen LogP contribution in [0, 0.1) is 0 Å². The normalized spacial score (nSPS) is 12.0. The Balaban J connectivity index is 3.43. The maximum Gasteiger partial charge on any atom is 0.387 e. The van der Waals surface area contributed by atoms with Gasteiger partial charge in [0.1, 0.15) is 12.3 Å². The third kappa shape index (κ3) is 6.68. The third-order valence-electron chi connectivity index (χ3n) is 1.68. The summed E-state index contributed by atoms with van der Waals surface area (Å²) in [6.45, 7) is 3.92. The minimum Gasteiger partial charge on any atom is -0.0652 e. The summed E-state index contributed by atoms with van der Waals surface area (Å²) in [5.41, 5.74) is 0. The molecule has 0 aromatic heterocycles. The molecule has 0 atom stereocenters. The van der Waals surface area contributed by atoms with E-state index in [2.05, 4.69) is 0 Å². The highest BCUT2D eigenvalue weighted by Crippen LogP contribution is 2.63. The lowest BCUT2D eigenvalue weighted by atomic mass is 10.4. The minimum atomic E-state index is -3.48. The fraction of sp³-hybridized carbons (Fsp3) is 1.00. The van der Waals surface area contributed by atoms with E-state index in [0.717, 1.165) is 12.8 Å². The van der Waals surface area contributed by atoms with Crippen LogP contribution in [0.25, 0.3) is 0 Å². The SMILES string of the molecule is CCCC[P+](F)(F)CCCC. The molecule has 3 heteroatoms. The minimum absolute atomic E-state index is 0.184. The van der Waals surface area contributed by atoms with Crippen molar-refractivity contribution in [3.05, 3.63) is 0 Å². The highest BCUT2D eigenvalue weighted by Gasteiger charge is 2.38. The van der Waals surface area contributed by atoms with Crippen molar-refractivity contribution in [1.29, 1.82) is 0 Å². The van der Waals surface area contributed by atoms with Crippen molar-refractivity contribution in [2.24, 2.45) is 0 Å². The van der Waals surface area contributed by atoms with Gasteiger partial charge in [0.15, 0.2) is 0 Å². The van der Waals surface area contributed by atoms with Crippen LogP contribution in [-0.4, -0.2) is 12.3 Å². The maximum atomic E-state index is 12.9. The fourth-order valence-corrected chi connectivity index (χ4v) is 2.67. The lowest BCUT2D eigenvalue weighted by molar-refractivity contribution is 0.666. The first-order valence-electron chi connectivity index (χ1n) is 4.38. The van der Waals surface area contributed by atoms with E-state index in [1.165, 1.54) is 0 Å². The van der Waals surface area contributed by atoms with Crippen molar-refractivity contribution in [3.8, 4) is 0 Å². The van der Waals surface area contributed by atoms with Crippen LogP contribution < -0.4 is 0 Å². The van der Waals surface area contributed by atoms with Gasteiger partial charge in [0.25, 0.3) is 0 Å². The standard InChI is InChI=1S/C8H18F2P/c1-3-5-7-11(9,10)8-6-4-2/h3-8H2,1-2H3/q+1. The van der Waals surface area contributed by atoms with Crippen molar-refractivity contribution in [3.63, 3.8) is 0 Å². The number of halogens is 2. The predicted molar refractivity (Wildman–Crippen MR) is 48.7 cm³/mol. The molecule has 0 amide bonds. The first-order valence-corrected chi connectivity index (χ1v) is 6.33. The molecule has 0 fully saturated rings. The Kier molecular flexibility index (Phi) is 6.03. The molecule has 0 rings (SSSR count). The van der Waals surface area contributed by atoms with Gasteiger partial charge in [-0.2, -0.15) is 0 Å². The molecule has 0 unspecified atom stereocenters. The number of hydrogen-bond donors (Lipinski definition) is 0. The van der Waals surface area contributed by atoms with Crippen molar-refractivity contribution in [2.75, 3.05) is 12.3 Å². The molecule has 0 heterocycles. The second-order valence-electron chi connectivity index (χ2n) is 2.92. The van der Waals surface area contributed by atoms with Crippen LogP contribution in [0.4, 0.5) is 8.39 Å². The first kappa shape index (κ1) is 11.3. The predicted octanol–water partition coefficient (Wildman–Crippen LogP) is 4.37. The molecule has 0 N–H and O–H groups in total. The van der Waals surface area contributed by atoms with Crippen LogP contribution >= 0.6 is 7.88 Å². The molecular weight excluding hydrogens is 165 g/mol. The van der Waals surface area contributed by atoms with Gasteiger partial charge in [0.05, 0.1) is 0 Å². The molecule has 0 spiro atoms. The van der Waals surface area contributed by atoms with Crippen molar-refractivity contribution in [2.45, 2.75) is 39.5 Å². The zero-order chi connectivity index (χ0) is 8.74. The summed E-state index contributed by atoms with van der Waals surface area (Å²) in [7, 11) is -3.48. The average Bonchev–Trinajstić information content (AvgIpc) is 1.97. The molecule has 0 aliphatic carbocycles. The van der Waals surface area contributed by atoms with E-state index in [9.17, 15) is 8.39 Å².